The number of fused-ring (bicyclic) bond motifs is 1. The van der Waals surface area contributed by atoms with Crippen LogP contribution in [0.15, 0.2) is 30.3 Å². The Morgan fingerprint density at radius 3 is 2.03 bits per heavy atom. The van der Waals surface area contributed by atoms with Gasteiger partial charge in [-0.05, 0) is 93.6 Å². The zero-order chi connectivity index (χ0) is 27.7. The lowest BCUT2D eigenvalue weighted by Gasteiger charge is -2.29. The van der Waals surface area contributed by atoms with Crippen LogP contribution in [0.1, 0.15) is 69.9 Å². The number of benzene rings is 1. The average Bonchev–Trinajstić information content (AvgIpc) is 3.65. The number of halogens is 1. The van der Waals surface area contributed by atoms with E-state index in [1.165, 1.54) is 46.7 Å². The largest absolute Gasteiger partial charge is 0.352 e. The first kappa shape index (κ1) is 28.0. The van der Waals surface area contributed by atoms with E-state index in [1.54, 1.807) is 0 Å². The van der Waals surface area contributed by atoms with Crippen molar-refractivity contribution in [3.8, 4) is 0 Å². The van der Waals surface area contributed by atoms with Crippen molar-refractivity contribution in [3.05, 3.63) is 75.1 Å². The van der Waals surface area contributed by atoms with Crippen LogP contribution in [-0.4, -0.2) is 35.5 Å². The second-order valence-corrected chi connectivity index (χ2v) is 11.0. The van der Waals surface area contributed by atoms with Crippen molar-refractivity contribution in [1.82, 2.24) is 23.6 Å². The van der Waals surface area contributed by atoms with Gasteiger partial charge in [-0.3, -0.25) is 4.79 Å². The summed E-state index contributed by atoms with van der Waals surface area (Å²) in [7, 11) is 6.01. The Labute approximate surface area is 231 Å². The molecule has 0 unspecified atom stereocenters. The summed E-state index contributed by atoms with van der Waals surface area (Å²) >= 11 is 6.15. The highest BCUT2D eigenvalue weighted by Gasteiger charge is 2.29. The lowest BCUT2D eigenvalue weighted by atomic mass is 10.1. The summed E-state index contributed by atoms with van der Waals surface area (Å²) in [6.07, 6.45) is 4.54. The minimum absolute atomic E-state index is 0.0898. The Morgan fingerprint density at radius 1 is 0.947 bits per heavy atom. The summed E-state index contributed by atoms with van der Waals surface area (Å²) in [5.41, 5.74) is 15.4. The van der Waals surface area contributed by atoms with Gasteiger partial charge in [0.1, 0.15) is 0 Å². The fraction of sp³-hybridized carbons (Fsp3) is 0.467. The van der Waals surface area contributed by atoms with Crippen LogP contribution in [0.5, 0.6) is 0 Å². The first-order valence-corrected chi connectivity index (χ1v) is 13.8. The molecule has 7 nitrogen and oxygen atoms in total. The lowest BCUT2D eigenvalue weighted by molar-refractivity contribution is 0.0664. The first-order chi connectivity index (χ1) is 18.0. The molecule has 0 spiro atoms. The number of hydrogen-bond donors (Lipinski definition) is 1. The van der Waals surface area contributed by atoms with E-state index >= 15 is 0 Å². The molecule has 38 heavy (non-hydrogen) atoms. The van der Waals surface area contributed by atoms with E-state index in [0.717, 1.165) is 23.9 Å². The molecule has 5 rings (SSSR count). The lowest BCUT2D eigenvalue weighted by Crippen LogP contribution is -2.38. The fourth-order valence-corrected chi connectivity index (χ4v) is 5.64. The van der Waals surface area contributed by atoms with Gasteiger partial charge >= 0.3 is 0 Å². The monoisotopic (exact) mass is 536 g/mol. The fourth-order valence-electron chi connectivity index (χ4n) is 5.46. The molecule has 1 aromatic carbocycles. The van der Waals surface area contributed by atoms with Crippen LogP contribution in [-0.2, 0) is 34.2 Å². The Hall–Kier alpha value is -3.03. The molecule has 0 atom stereocenters. The SMILES string of the molecule is Cc1cc(CN(C(=O)c2ccc3nc(Cl)n(C)c3c2)C2CCCC2)c(C)n1C.Cc1cc(CN)c(C)n1C. The number of imidazole rings is 1. The predicted octanol–water partition coefficient (Wildman–Crippen LogP) is 5.87. The molecule has 1 saturated carbocycles. The number of hydrogen-bond acceptors (Lipinski definition) is 3. The number of carbonyl (C=O) groups excluding carboxylic acids is 1. The number of nitrogens with two attached hydrogens (primary N) is 1. The van der Waals surface area contributed by atoms with Crippen LogP contribution >= 0.6 is 11.6 Å². The van der Waals surface area contributed by atoms with Crippen molar-refractivity contribution in [2.45, 2.75) is 72.5 Å². The minimum Gasteiger partial charge on any atom is -0.352 e. The summed E-state index contributed by atoms with van der Waals surface area (Å²) in [6, 6.07) is 10.3. The number of aromatic nitrogens is 4. The highest BCUT2D eigenvalue weighted by molar-refractivity contribution is 6.29. The number of nitrogens with zero attached hydrogens (tertiary/aromatic N) is 5. The molecule has 3 aromatic heterocycles. The third-order valence-electron chi connectivity index (χ3n) is 8.42. The van der Waals surface area contributed by atoms with E-state index in [2.05, 4.69) is 72.9 Å². The molecule has 204 valence electrons. The maximum Gasteiger partial charge on any atom is 0.254 e. The molecular weight excluding hydrogens is 496 g/mol. The molecule has 4 aromatic rings. The van der Waals surface area contributed by atoms with Crippen molar-refractivity contribution in [1.29, 1.82) is 0 Å². The van der Waals surface area contributed by atoms with Crippen molar-refractivity contribution >= 4 is 28.5 Å². The van der Waals surface area contributed by atoms with Gasteiger partial charge in [-0.2, -0.15) is 0 Å². The molecule has 0 radical (unpaired) electrons. The molecule has 1 aliphatic rings. The number of rotatable bonds is 5. The number of aryl methyl sites for hydroxylation is 3. The van der Waals surface area contributed by atoms with Crippen LogP contribution in [0, 0.1) is 27.7 Å². The standard InChI is InChI=1S/C22H27ClN4O.C8H14N2/c1-14-11-17(15(2)25(14)3)13-27(18-7-5-6-8-18)21(28)16-9-10-19-20(12-16)26(4)22(23)24-19;1-6-4-8(5-9)7(2)10(6)3/h9-12,18H,5-8,13H2,1-4H3;4H,5,9H2,1-3H3. The third kappa shape index (κ3) is 5.40. The van der Waals surface area contributed by atoms with Crippen LogP contribution in [0.4, 0.5) is 0 Å². The van der Waals surface area contributed by atoms with Gasteiger partial charge in [0.2, 0.25) is 5.28 Å². The second-order valence-electron chi connectivity index (χ2n) is 10.6. The van der Waals surface area contributed by atoms with Gasteiger partial charge in [-0.15, -0.1) is 0 Å². The quantitative estimate of drug-likeness (QED) is 0.347. The zero-order valence-electron chi connectivity index (χ0n) is 23.8. The second kappa shape index (κ2) is 11.4. The van der Waals surface area contributed by atoms with Gasteiger partial charge in [-0.1, -0.05) is 12.8 Å². The topological polar surface area (TPSA) is 74.0 Å². The molecule has 0 aliphatic heterocycles. The molecule has 2 N–H and O–H groups in total. The summed E-state index contributed by atoms with van der Waals surface area (Å²) in [5, 5.41) is 0.433. The van der Waals surface area contributed by atoms with E-state index in [4.69, 9.17) is 17.3 Å². The smallest absolute Gasteiger partial charge is 0.254 e. The average molecular weight is 537 g/mol. The van der Waals surface area contributed by atoms with E-state index in [-0.39, 0.29) is 5.91 Å². The van der Waals surface area contributed by atoms with Crippen LogP contribution < -0.4 is 5.73 Å². The summed E-state index contributed by atoms with van der Waals surface area (Å²) < 4.78 is 6.16. The molecular formula is C30H41ClN6O. The predicted molar refractivity (Wildman–Crippen MR) is 156 cm³/mol. The molecule has 1 aliphatic carbocycles. The molecule has 0 saturated heterocycles. The maximum absolute atomic E-state index is 13.6. The van der Waals surface area contributed by atoms with Gasteiger partial charge in [0.15, 0.2) is 0 Å². The van der Waals surface area contributed by atoms with E-state index in [9.17, 15) is 4.79 Å². The van der Waals surface area contributed by atoms with Gasteiger partial charge < -0.3 is 24.3 Å². The van der Waals surface area contributed by atoms with E-state index in [0.29, 0.717) is 30.0 Å². The Bertz CT molecular complexity index is 1450. The normalized spacial score (nSPS) is 13.7. The highest BCUT2D eigenvalue weighted by Crippen LogP contribution is 2.29. The van der Waals surface area contributed by atoms with Crippen molar-refractivity contribution in [2.75, 3.05) is 0 Å². The molecule has 3 heterocycles. The van der Waals surface area contributed by atoms with Gasteiger partial charge in [-0.25, -0.2) is 4.98 Å². The molecule has 1 fully saturated rings. The van der Waals surface area contributed by atoms with Crippen molar-refractivity contribution in [2.24, 2.45) is 26.9 Å². The minimum atomic E-state index is 0.0898. The Balaban J connectivity index is 0.000000283. The summed E-state index contributed by atoms with van der Waals surface area (Å²) in [5.74, 6) is 0.0898. The highest BCUT2D eigenvalue weighted by atomic mass is 35.5. The van der Waals surface area contributed by atoms with Crippen LogP contribution in [0.25, 0.3) is 11.0 Å². The first-order valence-electron chi connectivity index (χ1n) is 13.4. The van der Waals surface area contributed by atoms with Crippen molar-refractivity contribution in [3.63, 3.8) is 0 Å². The van der Waals surface area contributed by atoms with Crippen molar-refractivity contribution < 1.29 is 4.79 Å². The van der Waals surface area contributed by atoms with E-state index in [1.807, 2.05) is 29.8 Å². The zero-order valence-corrected chi connectivity index (χ0v) is 24.6. The molecule has 8 heteroatoms. The molecule has 0 bridgehead atoms. The third-order valence-corrected chi connectivity index (χ3v) is 8.76. The summed E-state index contributed by atoms with van der Waals surface area (Å²) in [4.78, 5) is 20.0. The van der Waals surface area contributed by atoms with Crippen LogP contribution in [0.2, 0.25) is 5.28 Å². The van der Waals surface area contributed by atoms with Gasteiger partial charge in [0.25, 0.3) is 5.91 Å². The molecule has 1 amide bonds. The van der Waals surface area contributed by atoms with E-state index < -0.39 is 0 Å². The van der Waals surface area contributed by atoms with Gasteiger partial charge in [0, 0.05) is 68.6 Å². The summed E-state index contributed by atoms with van der Waals surface area (Å²) in [6.45, 7) is 9.72. The van der Waals surface area contributed by atoms with Gasteiger partial charge in [0.05, 0.1) is 11.0 Å². The number of amides is 1. The number of carbonyl (C=O) groups is 1. The Kier molecular flexibility index (Phi) is 8.38. The van der Waals surface area contributed by atoms with Crippen LogP contribution in [0.3, 0.4) is 0 Å². The Morgan fingerprint density at radius 2 is 1.53 bits per heavy atom. The maximum atomic E-state index is 13.6.